The topological polar surface area (TPSA) is 63.3 Å². The Hall–Kier alpha value is -1.61. The van der Waals surface area contributed by atoms with E-state index in [-0.39, 0.29) is 6.04 Å². The first-order valence-electron chi connectivity index (χ1n) is 5.43. The van der Waals surface area contributed by atoms with Gasteiger partial charge >= 0.3 is 5.97 Å². The van der Waals surface area contributed by atoms with Crippen molar-refractivity contribution < 1.29 is 9.90 Å². The molecule has 1 aromatic carbocycles. The van der Waals surface area contributed by atoms with Gasteiger partial charge in [-0.25, -0.2) is 4.79 Å². The van der Waals surface area contributed by atoms with E-state index in [4.69, 9.17) is 10.8 Å². The summed E-state index contributed by atoms with van der Waals surface area (Å²) in [5, 5.41) is 8.55. The molecule has 0 aromatic heterocycles. The van der Waals surface area contributed by atoms with E-state index in [0.29, 0.717) is 0 Å². The standard InChI is InChI=1S/C13H15NO2/c14-12-5-4-10-3-1-9(2-6-13(15)16)7-11(10)8-12/h1-3,6-7,12H,4-5,8,14H2,(H,15,16). The largest absolute Gasteiger partial charge is 0.478 e. The zero-order valence-corrected chi connectivity index (χ0v) is 9.02. The molecule has 1 aromatic rings. The minimum atomic E-state index is -0.922. The van der Waals surface area contributed by atoms with Crippen LogP contribution in [0.1, 0.15) is 23.1 Å². The predicted molar refractivity (Wildman–Crippen MR) is 63.1 cm³/mol. The number of fused-ring (bicyclic) bond motifs is 1. The van der Waals surface area contributed by atoms with Gasteiger partial charge in [0.15, 0.2) is 0 Å². The van der Waals surface area contributed by atoms with Crippen molar-refractivity contribution in [1.82, 2.24) is 0 Å². The van der Waals surface area contributed by atoms with Crippen LogP contribution in [0.4, 0.5) is 0 Å². The Kier molecular flexibility index (Phi) is 3.06. The molecule has 0 bridgehead atoms. The average molecular weight is 217 g/mol. The number of carboxylic acids is 1. The summed E-state index contributed by atoms with van der Waals surface area (Å²) >= 11 is 0. The van der Waals surface area contributed by atoms with Gasteiger partial charge in [0.1, 0.15) is 0 Å². The Morgan fingerprint density at radius 3 is 3.00 bits per heavy atom. The second-order valence-corrected chi connectivity index (χ2v) is 4.20. The molecule has 0 heterocycles. The Labute approximate surface area is 94.6 Å². The molecule has 0 fully saturated rings. The lowest BCUT2D eigenvalue weighted by Gasteiger charge is -2.21. The van der Waals surface area contributed by atoms with Crippen LogP contribution in [0, 0.1) is 0 Å². The number of benzene rings is 1. The quantitative estimate of drug-likeness (QED) is 0.739. The summed E-state index contributed by atoms with van der Waals surface area (Å²) < 4.78 is 0. The maximum atomic E-state index is 10.4. The molecule has 16 heavy (non-hydrogen) atoms. The molecule has 3 nitrogen and oxygen atoms in total. The van der Waals surface area contributed by atoms with Gasteiger partial charge in [-0.3, -0.25) is 0 Å². The zero-order chi connectivity index (χ0) is 11.5. The van der Waals surface area contributed by atoms with Crippen LogP contribution in [0.3, 0.4) is 0 Å². The van der Waals surface area contributed by atoms with Crippen molar-refractivity contribution in [3.05, 3.63) is 41.0 Å². The third-order valence-corrected chi connectivity index (χ3v) is 2.92. The summed E-state index contributed by atoms with van der Waals surface area (Å²) in [4.78, 5) is 10.4. The third kappa shape index (κ3) is 2.49. The van der Waals surface area contributed by atoms with Crippen molar-refractivity contribution in [1.29, 1.82) is 0 Å². The van der Waals surface area contributed by atoms with Gasteiger partial charge in [-0.05, 0) is 42.0 Å². The molecule has 3 N–H and O–H groups in total. The SMILES string of the molecule is NC1CCc2ccc(C=CC(=O)O)cc2C1. The predicted octanol–water partition coefficient (Wildman–Crippen LogP) is 1.60. The van der Waals surface area contributed by atoms with Crippen molar-refractivity contribution in [2.45, 2.75) is 25.3 Å². The molecule has 84 valence electrons. The van der Waals surface area contributed by atoms with Crippen LogP contribution in [0.5, 0.6) is 0 Å². The van der Waals surface area contributed by atoms with Crippen LogP contribution in [-0.4, -0.2) is 17.1 Å². The van der Waals surface area contributed by atoms with Crippen molar-refractivity contribution in [3.8, 4) is 0 Å². The molecule has 0 saturated carbocycles. The van der Waals surface area contributed by atoms with Crippen LogP contribution in [0.25, 0.3) is 6.08 Å². The van der Waals surface area contributed by atoms with Gasteiger partial charge in [0.25, 0.3) is 0 Å². The minimum Gasteiger partial charge on any atom is -0.478 e. The van der Waals surface area contributed by atoms with Gasteiger partial charge in [-0.15, -0.1) is 0 Å². The number of aliphatic carboxylic acids is 1. The average Bonchev–Trinajstić information content (AvgIpc) is 2.25. The summed E-state index contributed by atoms with van der Waals surface area (Å²) in [7, 11) is 0. The highest BCUT2D eigenvalue weighted by Crippen LogP contribution is 2.22. The zero-order valence-electron chi connectivity index (χ0n) is 9.02. The van der Waals surface area contributed by atoms with E-state index in [2.05, 4.69) is 6.07 Å². The lowest BCUT2D eigenvalue weighted by molar-refractivity contribution is -0.131. The Balaban J connectivity index is 2.24. The van der Waals surface area contributed by atoms with Crippen LogP contribution in [0.15, 0.2) is 24.3 Å². The summed E-state index contributed by atoms with van der Waals surface area (Å²) in [6.45, 7) is 0. The maximum Gasteiger partial charge on any atom is 0.328 e. The smallest absolute Gasteiger partial charge is 0.328 e. The van der Waals surface area contributed by atoms with E-state index >= 15 is 0 Å². The van der Waals surface area contributed by atoms with E-state index in [1.807, 2.05) is 12.1 Å². The van der Waals surface area contributed by atoms with E-state index < -0.39 is 5.97 Å². The number of hydrogen-bond acceptors (Lipinski definition) is 2. The summed E-state index contributed by atoms with van der Waals surface area (Å²) in [5.74, 6) is -0.922. The molecule has 0 radical (unpaired) electrons. The van der Waals surface area contributed by atoms with Gasteiger partial charge in [0.2, 0.25) is 0 Å². The highest BCUT2D eigenvalue weighted by Gasteiger charge is 2.14. The molecule has 2 rings (SSSR count). The number of carbonyl (C=O) groups is 1. The van der Waals surface area contributed by atoms with Gasteiger partial charge in [0.05, 0.1) is 0 Å². The molecule has 1 atom stereocenters. The van der Waals surface area contributed by atoms with E-state index in [0.717, 1.165) is 30.9 Å². The monoisotopic (exact) mass is 217 g/mol. The normalized spacial score (nSPS) is 19.7. The fourth-order valence-corrected chi connectivity index (χ4v) is 2.08. The molecular formula is C13H15NO2. The fourth-order valence-electron chi connectivity index (χ4n) is 2.08. The lowest BCUT2D eigenvalue weighted by atomic mass is 9.87. The molecule has 0 spiro atoms. The summed E-state index contributed by atoms with van der Waals surface area (Å²) in [6, 6.07) is 6.30. The van der Waals surface area contributed by atoms with E-state index in [1.165, 1.54) is 11.1 Å². The maximum absolute atomic E-state index is 10.4. The highest BCUT2D eigenvalue weighted by molar-refractivity contribution is 5.85. The third-order valence-electron chi connectivity index (χ3n) is 2.92. The molecule has 1 unspecified atom stereocenters. The highest BCUT2D eigenvalue weighted by atomic mass is 16.4. The fraction of sp³-hybridized carbons (Fsp3) is 0.308. The number of hydrogen-bond donors (Lipinski definition) is 2. The van der Waals surface area contributed by atoms with Crippen molar-refractivity contribution in [2.75, 3.05) is 0 Å². The molecule has 3 heteroatoms. The number of carboxylic acid groups (broad SMARTS) is 1. The molecule has 0 saturated heterocycles. The minimum absolute atomic E-state index is 0.242. The van der Waals surface area contributed by atoms with Crippen molar-refractivity contribution >= 4 is 12.0 Å². The summed E-state index contributed by atoms with van der Waals surface area (Å²) in [6.07, 6.45) is 5.73. The van der Waals surface area contributed by atoms with E-state index in [9.17, 15) is 4.79 Å². The number of rotatable bonds is 2. The van der Waals surface area contributed by atoms with Gasteiger partial charge in [-0.2, -0.15) is 0 Å². The Bertz CT molecular complexity index is 438. The van der Waals surface area contributed by atoms with Crippen LogP contribution < -0.4 is 5.73 Å². The molecular weight excluding hydrogens is 202 g/mol. The molecule has 1 aliphatic carbocycles. The Morgan fingerprint density at radius 2 is 2.25 bits per heavy atom. The number of nitrogens with two attached hydrogens (primary N) is 1. The molecule has 0 aliphatic heterocycles. The summed E-state index contributed by atoms with van der Waals surface area (Å²) in [5.41, 5.74) is 9.43. The lowest BCUT2D eigenvalue weighted by Crippen LogP contribution is -2.27. The van der Waals surface area contributed by atoms with Crippen molar-refractivity contribution in [2.24, 2.45) is 5.73 Å². The molecule has 0 amide bonds. The van der Waals surface area contributed by atoms with Crippen molar-refractivity contribution in [3.63, 3.8) is 0 Å². The first-order valence-corrected chi connectivity index (χ1v) is 5.43. The van der Waals surface area contributed by atoms with Gasteiger partial charge in [-0.1, -0.05) is 18.2 Å². The van der Waals surface area contributed by atoms with Gasteiger partial charge in [0, 0.05) is 12.1 Å². The number of aryl methyl sites for hydroxylation is 1. The van der Waals surface area contributed by atoms with Gasteiger partial charge < -0.3 is 10.8 Å². The van der Waals surface area contributed by atoms with Crippen LogP contribution >= 0.6 is 0 Å². The second kappa shape index (κ2) is 4.49. The van der Waals surface area contributed by atoms with E-state index in [1.54, 1.807) is 6.08 Å². The van der Waals surface area contributed by atoms with Crippen LogP contribution in [-0.2, 0) is 17.6 Å². The molecule has 1 aliphatic rings. The van der Waals surface area contributed by atoms with Crippen LogP contribution in [0.2, 0.25) is 0 Å². The Morgan fingerprint density at radius 1 is 1.44 bits per heavy atom. The first-order chi connectivity index (χ1) is 7.65. The second-order valence-electron chi connectivity index (χ2n) is 4.20. The first kappa shape index (κ1) is 10.9.